The fraction of sp³-hybridized carbons (Fsp3) is 0.0741. The number of sulfonamides is 1. The van der Waals surface area contributed by atoms with Gasteiger partial charge < -0.3 is 15.0 Å². The van der Waals surface area contributed by atoms with Crippen molar-refractivity contribution in [1.82, 2.24) is 4.57 Å². The van der Waals surface area contributed by atoms with Gasteiger partial charge in [0.2, 0.25) is 21.0 Å². The highest BCUT2D eigenvalue weighted by molar-refractivity contribution is 7.89. The van der Waals surface area contributed by atoms with E-state index >= 15 is 0 Å². The van der Waals surface area contributed by atoms with Gasteiger partial charge in [0.1, 0.15) is 0 Å². The summed E-state index contributed by atoms with van der Waals surface area (Å²) in [6.45, 7) is 2.41. The number of aromatic nitrogens is 1. The van der Waals surface area contributed by atoms with Gasteiger partial charge in [-0.15, -0.1) is 10.2 Å². The van der Waals surface area contributed by atoms with Crippen molar-refractivity contribution in [2.45, 2.75) is 18.4 Å². The maximum Gasteiger partial charge on any atom is 0.238 e. The van der Waals surface area contributed by atoms with Crippen LogP contribution in [-0.2, 0) is 16.6 Å². The zero-order valence-electron chi connectivity index (χ0n) is 19.8. The lowest BCUT2D eigenvalue weighted by molar-refractivity contribution is 0.430. The highest BCUT2D eigenvalue weighted by Crippen LogP contribution is 2.40. The first kappa shape index (κ1) is 24.6. The van der Waals surface area contributed by atoms with Crippen LogP contribution in [0.4, 0.5) is 11.4 Å². The van der Waals surface area contributed by atoms with E-state index in [0.29, 0.717) is 17.9 Å². The largest absolute Gasteiger partial charge is 0.493 e. The number of anilines is 1. The molecule has 0 aliphatic rings. The van der Waals surface area contributed by atoms with Gasteiger partial charge in [0.25, 0.3) is 0 Å². The molecule has 1 aromatic heterocycles. The molecule has 0 aliphatic heterocycles. The molecular formula is C27H23N5O3S2. The highest BCUT2D eigenvalue weighted by atomic mass is 32.2. The van der Waals surface area contributed by atoms with Crippen LogP contribution >= 0.6 is 12.2 Å². The van der Waals surface area contributed by atoms with Crippen LogP contribution in [0, 0.1) is 6.92 Å². The molecule has 0 saturated heterocycles. The Morgan fingerprint density at radius 3 is 2.49 bits per heavy atom. The number of aromatic hydroxyl groups is 1. The number of hydrogen-bond acceptors (Lipinski definition) is 5. The van der Waals surface area contributed by atoms with E-state index in [1.54, 1.807) is 0 Å². The number of benzene rings is 4. The third-order valence-corrected chi connectivity index (χ3v) is 7.16. The molecule has 0 atom stereocenters. The van der Waals surface area contributed by atoms with Gasteiger partial charge in [-0.3, -0.25) is 0 Å². The standard InChI is InChI=1S/C27H23N5O3S2/c1-17-9-14-24-23(15-17)25(30-31-27(36)29-20-10-12-21(13-11-20)37(28,34)35)26(33)32(24)16-19-7-4-6-18-5-2-3-8-22(18)19/h2-15,33H,16H2,1H3,(H,29,36)(H2,28,34,35). The van der Waals surface area contributed by atoms with E-state index in [0.717, 1.165) is 32.8 Å². The van der Waals surface area contributed by atoms with Crippen LogP contribution in [-0.4, -0.2) is 23.2 Å². The number of azo groups is 1. The third kappa shape index (κ3) is 5.08. The SMILES string of the molecule is Cc1ccc2c(c1)c(N=NC(=S)Nc1ccc(S(N)(=O)=O)cc1)c(O)n2Cc1cccc2ccccc12. The van der Waals surface area contributed by atoms with Crippen LogP contribution in [0.1, 0.15) is 11.1 Å². The predicted molar refractivity (Wildman–Crippen MR) is 150 cm³/mol. The average Bonchev–Trinajstić information content (AvgIpc) is 3.12. The molecule has 4 N–H and O–H groups in total. The van der Waals surface area contributed by atoms with Crippen molar-refractivity contribution in [3.8, 4) is 5.88 Å². The van der Waals surface area contributed by atoms with Crippen molar-refractivity contribution >= 4 is 60.4 Å². The van der Waals surface area contributed by atoms with Crippen molar-refractivity contribution < 1.29 is 13.5 Å². The van der Waals surface area contributed by atoms with Crippen LogP contribution in [0.25, 0.3) is 21.7 Å². The molecular weight excluding hydrogens is 506 g/mol. The maximum atomic E-state index is 11.4. The minimum Gasteiger partial charge on any atom is -0.493 e. The Morgan fingerprint density at radius 1 is 1.00 bits per heavy atom. The molecule has 0 unspecified atom stereocenters. The Labute approximate surface area is 219 Å². The number of nitrogens with one attached hydrogen (secondary N) is 1. The molecule has 0 amide bonds. The minimum atomic E-state index is -3.79. The normalized spacial score (nSPS) is 11.9. The average molecular weight is 530 g/mol. The summed E-state index contributed by atoms with van der Waals surface area (Å²) in [5.74, 6) is -0.0161. The number of fused-ring (bicyclic) bond motifs is 2. The number of thiocarbonyl (C=S) groups is 1. The van der Waals surface area contributed by atoms with E-state index in [1.807, 2.05) is 54.0 Å². The summed E-state index contributed by atoms with van der Waals surface area (Å²) in [6, 6.07) is 25.9. The Bertz CT molecular complexity index is 1790. The van der Waals surface area contributed by atoms with Crippen molar-refractivity contribution in [2.24, 2.45) is 15.4 Å². The second-order valence-corrected chi connectivity index (χ2v) is 10.6. The molecule has 0 radical (unpaired) electrons. The summed E-state index contributed by atoms with van der Waals surface area (Å²) in [4.78, 5) is -0.00936. The van der Waals surface area contributed by atoms with E-state index in [9.17, 15) is 13.5 Å². The zero-order valence-corrected chi connectivity index (χ0v) is 21.4. The van der Waals surface area contributed by atoms with Gasteiger partial charge >= 0.3 is 0 Å². The summed E-state index contributed by atoms with van der Waals surface area (Å²) < 4.78 is 24.7. The predicted octanol–water partition coefficient (Wildman–Crippen LogP) is 5.98. The number of nitrogens with two attached hydrogens (primary N) is 1. The van der Waals surface area contributed by atoms with Crippen LogP contribution in [0.2, 0.25) is 0 Å². The summed E-state index contributed by atoms with van der Waals surface area (Å²) in [6.07, 6.45) is 0. The van der Waals surface area contributed by atoms with Gasteiger partial charge in [0.05, 0.1) is 17.0 Å². The van der Waals surface area contributed by atoms with Gasteiger partial charge in [0, 0.05) is 11.1 Å². The molecule has 0 saturated carbocycles. The van der Waals surface area contributed by atoms with Crippen LogP contribution < -0.4 is 10.5 Å². The monoisotopic (exact) mass is 529 g/mol. The quantitative estimate of drug-likeness (QED) is 0.191. The first-order valence-corrected chi connectivity index (χ1v) is 13.3. The zero-order chi connectivity index (χ0) is 26.2. The van der Waals surface area contributed by atoms with E-state index in [2.05, 4.69) is 33.7 Å². The fourth-order valence-corrected chi connectivity index (χ4v) is 4.94. The molecule has 186 valence electrons. The van der Waals surface area contributed by atoms with Crippen LogP contribution in [0.3, 0.4) is 0 Å². The lowest BCUT2D eigenvalue weighted by Gasteiger charge is -2.10. The smallest absolute Gasteiger partial charge is 0.238 e. The second kappa shape index (κ2) is 9.74. The summed E-state index contributed by atoms with van der Waals surface area (Å²) in [7, 11) is -3.79. The number of nitrogens with zero attached hydrogens (tertiary/aromatic N) is 3. The molecule has 5 rings (SSSR count). The van der Waals surface area contributed by atoms with Gasteiger partial charge in [-0.2, -0.15) is 0 Å². The first-order valence-electron chi connectivity index (χ1n) is 11.3. The molecule has 0 fully saturated rings. The summed E-state index contributed by atoms with van der Waals surface area (Å²) in [5, 5.41) is 30.7. The first-order chi connectivity index (χ1) is 17.7. The topological polar surface area (TPSA) is 122 Å². The van der Waals surface area contributed by atoms with Crippen molar-refractivity contribution in [1.29, 1.82) is 0 Å². The van der Waals surface area contributed by atoms with Gasteiger partial charge in [-0.25, -0.2) is 13.6 Å². The molecule has 0 bridgehead atoms. The molecule has 4 aromatic carbocycles. The van der Waals surface area contributed by atoms with E-state index in [-0.39, 0.29) is 15.9 Å². The molecule has 10 heteroatoms. The Balaban J connectivity index is 1.47. The summed E-state index contributed by atoms with van der Waals surface area (Å²) in [5.41, 5.74) is 3.74. The van der Waals surface area contributed by atoms with E-state index < -0.39 is 10.0 Å². The van der Waals surface area contributed by atoms with Crippen LogP contribution in [0.15, 0.2) is 100 Å². The van der Waals surface area contributed by atoms with Gasteiger partial charge in [-0.1, -0.05) is 54.1 Å². The molecule has 1 heterocycles. The Morgan fingerprint density at radius 2 is 1.73 bits per heavy atom. The number of rotatable bonds is 5. The lowest BCUT2D eigenvalue weighted by Crippen LogP contribution is -2.12. The molecule has 8 nitrogen and oxygen atoms in total. The van der Waals surface area contributed by atoms with Crippen molar-refractivity contribution in [3.05, 3.63) is 96.1 Å². The molecule has 37 heavy (non-hydrogen) atoms. The number of aryl methyl sites for hydroxylation is 1. The highest BCUT2D eigenvalue weighted by Gasteiger charge is 2.18. The van der Waals surface area contributed by atoms with Crippen molar-refractivity contribution in [2.75, 3.05) is 5.32 Å². The van der Waals surface area contributed by atoms with E-state index in [1.165, 1.54) is 24.3 Å². The fourth-order valence-electron chi connectivity index (χ4n) is 4.27. The van der Waals surface area contributed by atoms with Crippen LogP contribution in [0.5, 0.6) is 5.88 Å². The second-order valence-electron chi connectivity index (χ2n) is 8.62. The lowest BCUT2D eigenvalue weighted by atomic mass is 10.0. The van der Waals surface area contributed by atoms with Gasteiger partial charge in [-0.05, 0) is 71.9 Å². The third-order valence-electron chi connectivity index (χ3n) is 6.05. The maximum absolute atomic E-state index is 11.4. The van der Waals surface area contributed by atoms with E-state index in [4.69, 9.17) is 17.4 Å². The Hall–Kier alpha value is -4.12. The molecule has 0 spiro atoms. The van der Waals surface area contributed by atoms with Crippen molar-refractivity contribution in [3.63, 3.8) is 0 Å². The number of hydrogen-bond donors (Lipinski definition) is 3. The minimum absolute atomic E-state index is 0.00936. The molecule has 0 aliphatic carbocycles. The number of primary sulfonamides is 1. The summed E-state index contributed by atoms with van der Waals surface area (Å²) >= 11 is 5.29. The van der Waals surface area contributed by atoms with Gasteiger partial charge in [0.15, 0.2) is 5.69 Å². The molecule has 5 aromatic rings. The Kier molecular flexibility index (Phi) is 6.46.